The molecule has 2 aliphatic rings. The Balaban J connectivity index is 1.32. The number of imidazole rings is 2. The molecule has 0 aliphatic carbocycles. The first-order valence-electron chi connectivity index (χ1n) is 17.7. The van der Waals surface area contributed by atoms with Gasteiger partial charge in [-0.15, -0.1) is 0 Å². The van der Waals surface area contributed by atoms with E-state index in [0.717, 1.165) is 5.56 Å². The molecule has 2 aliphatic heterocycles. The molecule has 0 spiro atoms. The van der Waals surface area contributed by atoms with Crippen molar-refractivity contribution < 1.29 is 38.6 Å². The van der Waals surface area contributed by atoms with Crippen molar-refractivity contribution in [2.45, 2.75) is 102 Å². The number of hydrogen-bond donors (Lipinski definition) is 6. The Labute approximate surface area is 306 Å². The zero-order chi connectivity index (χ0) is 38.1. The molecule has 2 fully saturated rings. The Bertz CT molecular complexity index is 1730. The van der Waals surface area contributed by atoms with E-state index in [1.54, 1.807) is 45.0 Å². The summed E-state index contributed by atoms with van der Waals surface area (Å²) in [5.41, 5.74) is 1.04. The van der Waals surface area contributed by atoms with Crippen LogP contribution < -0.4 is 16.0 Å². The van der Waals surface area contributed by atoms with Crippen LogP contribution in [-0.4, -0.2) is 119 Å². The quantitative estimate of drug-likeness (QED) is 0.138. The van der Waals surface area contributed by atoms with Crippen LogP contribution in [0.3, 0.4) is 0 Å². The minimum Gasteiger partial charge on any atom is -0.480 e. The largest absolute Gasteiger partial charge is 0.480 e. The average molecular weight is 734 g/mol. The molecule has 4 heterocycles. The second-order valence-electron chi connectivity index (χ2n) is 14.3. The fraction of sp³-hybridized carbons (Fsp3) is 0.500. The van der Waals surface area contributed by atoms with Gasteiger partial charge in [0.25, 0.3) is 0 Å². The summed E-state index contributed by atoms with van der Waals surface area (Å²) in [5, 5.41) is 18.0. The van der Waals surface area contributed by atoms with E-state index in [1.165, 1.54) is 34.8 Å². The number of H-pyrrole nitrogens is 2. The van der Waals surface area contributed by atoms with E-state index in [-0.39, 0.29) is 25.8 Å². The van der Waals surface area contributed by atoms with Crippen LogP contribution in [0.1, 0.15) is 63.4 Å². The maximum atomic E-state index is 14.3. The lowest BCUT2D eigenvalue weighted by atomic mass is 10.0. The highest BCUT2D eigenvalue weighted by molar-refractivity contribution is 5.96. The van der Waals surface area contributed by atoms with Crippen LogP contribution in [0.2, 0.25) is 0 Å². The number of rotatable bonds is 14. The minimum atomic E-state index is -1.30. The highest BCUT2D eigenvalue weighted by Gasteiger charge is 2.42. The van der Waals surface area contributed by atoms with E-state index in [2.05, 4.69) is 35.9 Å². The molecule has 17 nitrogen and oxygen atoms in total. The van der Waals surface area contributed by atoms with Crippen LogP contribution in [0, 0.1) is 0 Å². The number of nitrogens with zero attached hydrogens (tertiary/aromatic N) is 4. The van der Waals surface area contributed by atoms with Gasteiger partial charge >= 0.3 is 12.1 Å². The molecule has 284 valence electrons. The van der Waals surface area contributed by atoms with Gasteiger partial charge in [0.05, 0.1) is 12.7 Å². The second-order valence-corrected chi connectivity index (χ2v) is 14.3. The third-order valence-electron chi connectivity index (χ3n) is 9.12. The lowest BCUT2D eigenvalue weighted by molar-refractivity contribution is -0.143. The predicted molar refractivity (Wildman–Crippen MR) is 189 cm³/mol. The average Bonchev–Trinajstić information content (AvgIpc) is 3.94. The van der Waals surface area contributed by atoms with Gasteiger partial charge in [0, 0.05) is 56.1 Å². The van der Waals surface area contributed by atoms with Gasteiger partial charge in [0.15, 0.2) is 0 Å². The van der Waals surface area contributed by atoms with Crippen molar-refractivity contribution in [2.24, 2.45) is 0 Å². The number of aromatic amines is 2. The van der Waals surface area contributed by atoms with E-state index in [1.807, 2.05) is 6.07 Å². The highest BCUT2D eigenvalue weighted by Crippen LogP contribution is 2.23. The number of nitrogens with one attached hydrogen (secondary N) is 5. The van der Waals surface area contributed by atoms with Gasteiger partial charge in [-0.05, 0) is 52.0 Å². The maximum absolute atomic E-state index is 14.3. The van der Waals surface area contributed by atoms with E-state index in [9.17, 15) is 33.9 Å². The number of benzene rings is 1. The van der Waals surface area contributed by atoms with E-state index in [0.29, 0.717) is 43.6 Å². The predicted octanol–water partition coefficient (Wildman–Crippen LogP) is 1.09. The van der Waals surface area contributed by atoms with Crippen molar-refractivity contribution >= 4 is 35.7 Å². The highest BCUT2D eigenvalue weighted by atomic mass is 16.6. The number of ether oxygens (including phenoxy) is 1. The monoisotopic (exact) mass is 733 g/mol. The van der Waals surface area contributed by atoms with Crippen LogP contribution >= 0.6 is 0 Å². The molecule has 0 radical (unpaired) electrons. The van der Waals surface area contributed by atoms with E-state index >= 15 is 0 Å². The molecule has 5 rings (SSSR count). The maximum Gasteiger partial charge on any atom is 0.410 e. The first-order chi connectivity index (χ1) is 25.3. The molecule has 5 amide bonds. The van der Waals surface area contributed by atoms with Crippen molar-refractivity contribution in [3.8, 4) is 0 Å². The Morgan fingerprint density at radius 3 is 1.89 bits per heavy atom. The molecule has 17 heteroatoms. The van der Waals surface area contributed by atoms with Gasteiger partial charge in [-0.3, -0.25) is 24.1 Å². The molecule has 6 N–H and O–H groups in total. The summed E-state index contributed by atoms with van der Waals surface area (Å²) < 4.78 is 5.52. The summed E-state index contributed by atoms with van der Waals surface area (Å²) in [6.45, 7) is 5.77. The van der Waals surface area contributed by atoms with Crippen LogP contribution in [0.4, 0.5) is 4.79 Å². The number of hydrogen-bond acceptors (Lipinski definition) is 9. The number of amides is 5. The molecule has 5 unspecified atom stereocenters. The molecule has 2 aromatic heterocycles. The zero-order valence-electron chi connectivity index (χ0n) is 30.0. The number of aromatic nitrogens is 4. The Morgan fingerprint density at radius 1 is 0.792 bits per heavy atom. The van der Waals surface area contributed by atoms with E-state index < -0.39 is 71.5 Å². The number of carbonyl (C=O) groups excluding carboxylic acids is 5. The molecule has 2 saturated heterocycles. The summed E-state index contributed by atoms with van der Waals surface area (Å²) in [7, 11) is 0. The van der Waals surface area contributed by atoms with Crippen molar-refractivity contribution in [1.29, 1.82) is 0 Å². The minimum absolute atomic E-state index is 0.0422. The Morgan fingerprint density at radius 2 is 1.34 bits per heavy atom. The van der Waals surface area contributed by atoms with Crippen molar-refractivity contribution in [3.63, 3.8) is 0 Å². The molecular formula is C36H47N9O8. The van der Waals surface area contributed by atoms with Gasteiger partial charge < -0.3 is 40.7 Å². The molecule has 0 bridgehead atoms. The van der Waals surface area contributed by atoms with Crippen LogP contribution in [-0.2, 0) is 48.0 Å². The van der Waals surface area contributed by atoms with Gasteiger partial charge in [-0.25, -0.2) is 19.6 Å². The van der Waals surface area contributed by atoms with Gasteiger partial charge in [0.1, 0.15) is 35.8 Å². The molecule has 1 aromatic carbocycles. The lowest BCUT2D eigenvalue weighted by Crippen LogP contribution is -2.59. The lowest BCUT2D eigenvalue weighted by Gasteiger charge is -2.31. The van der Waals surface area contributed by atoms with Crippen LogP contribution in [0.15, 0.2) is 55.4 Å². The van der Waals surface area contributed by atoms with Gasteiger partial charge in [0.2, 0.25) is 23.6 Å². The van der Waals surface area contributed by atoms with Crippen molar-refractivity contribution in [3.05, 3.63) is 72.3 Å². The Hall–Kier alpha value is -5.74. The molecule has 5 atom stereocenters. The first kappa shape index (κ1) is 38.5. The van der Waals surface area contributed by atoms with Crippen LogP contribution in [0.5, 0.6) is 0 Å². The first-order valence-corrected chi connectivity index (χ1v) is 17.7. The number of likely N-dealkylation sites (tertiary alicyclic amines) is 2. The fourth-order valence-corrected chi connectivity index (χ4v) is 6.58. The second kappa shape index (κ2) is 17.2. The number of carboxylic acid groups (broad SMARTS) is 1. The standard InChI is InChI=1S/C36H47N9O8/c1-36(2,3)53-35(52)45-14-8-12-29(45)32(48)42-26(16-23-18-37-20-39-23)33(49)44-13-7-11-28(44)31(47)41-25(15-22-9-5-4-6-10-22)30(46)43-27(34(50)51)17-24-19-38-21-40-24/h4-6,9-10,18-21,25-29H,7-8,11-17H2,1-3H3,(H,37,39)(H,38,40)(H,41,47)(H,42,48)(H,43,46)(H,50,51). The summed E-state index contributed by atoms with van der Waals surface area (Å²) in [4.78, 5) is 97.1. The summed E-state index contributed by atoms with van der Waals surface area (Å²) in [6, 6.07) is 3.54. The number of carbonyl (C=O) groups is 6. The Kier molecular flexibility index (Phi) is 12.5. The summed E-state index contributed by atoms with van der Waals surface area (Å²) >= 11 is 0. The summed E-state index contributed by atoms with van der Waals surface area (Å²) in [6.07, 6.45) is 7.04. The van der Waals surface area contributed by atoms with Gasteiger partial charge in [-0.1, -0.05) is 30.3 Å². The third-order valence-corrected chi connectivity index (χ3v) is 9.12. The fourth-order valence-electron chi connectivity index (χ4n) is 6.58. The number of aliphatic carboxylic acids is 1. The molecule has 3 aromatic rings. The third kappa shape index (κ3) is 10.4. The SMILES string of the molecule is CC(C)(C)OC(=O)N1CCCC1C(=O)NC(Cc1cnc[nH]1)C(=O)N1CCCC1C(=O)NC(Cc1ccccc1)C(=O)NC(Cc1cnc[nH]1)C(=O)O. The zero-order valence-corrected chi connectivity index (χ0v) is 30.0. The number of carboxylic acids is 1. The molecule has 53 heavy (non-hydrogen) atoms. The molecular weight excluding hydrogens is 686 g/mol. The molecule has 0 saturated carbocycles. The van der Waals surface area contributed by atoms with Crippen molar-refractivity contribution in [1.82, 2.24) is 45.7 Å². The van der Waals surface area contributed by atoms with Crippen LogP contribution in [0.25, 0.3) is 0 Å². The smallest absolute Gasteiger partial charge is 0.410 e. The topological polar surface area (TPSA) is 232 Å². The van der Waals surface area contributed by atoms with Crippen molar-refractivity contribution in [2.75, 3.05) is 13.1 Å². The summed E-state index contributed by atoms with van der Waals surface area (Å²) in [5.74, 6) is -3.59. The van der Waals surface area contributed by atoms with E-state index in [4.69, 9.17) is 4.74 Å². The van der Waals surface area contributed by atoms with Gasteiger partial charge in [-0.2, -0.15) is 0 Å². The normalized spacial score (nSPS) is 18.8.